The summed E-state index contributed by atoms with van der Waals surface area (Å²) in [6, 6.07) is 5.64. The second-order valence-corrected chi connectivity index (χ2v) is 6.86. The Morgan fingerprint density at radius 1 is 1.36 bits per heavy atom. The largest absolute Gasteiger partial charge is 0.373 e. The Morgan fingerprint density at radius 3 is 2.96 bits per heavy atom. The number of carbonyl (C=O) groups is 1. The SMILES string of the molecule is CC(=O)N1CCOC(CNc2nc(-c3ccccn3)nc3c2c(C)nn3C)C1. The van der Waals surface area contributed by atoms with Crippen LogP contribution in [0.2, 0.25) is 0 Å². The molecule has 0 spiro atoms. The van der Waals surface area contributed by atoms with Gasteiger partial charge in [-0.2, -0.15) is 5.10 Å². The molecule has 4 rings (SSSR count). The number of aromatic nitrogens is 5. The van der Waals surface area contributed by atoms with E-state index in [2.05, 4.69) is 20.4 Å². The number of fused-ring (bicyclic) bond motifs is 1. The maximum Gasteiger partial charge on any atom is 0.219 e. The third kappa shape index (κ3) is 3.53. The van der Waals surface area contributed by atoms with Gasteiger partial charge in [-0.1, -0.05) is 6.07 Å². The Kier molecular flexibility index (Phi) is 4.91. The molecular formula is C19H23N7O2. The summed E-state index contributed by atoms with van der Waals surface area (Å²) in [5.41, 5.74) is 2.29. The third-order valence-electron chi connectivity index (χ3n) is 4.83. The topological polar surface area (TPSA) is 98.1 Å². The summed E-state index contributed by atoms with van der Waals surface area (Å²) in [6.45, 7) is 5.79. The van der Waals surface area contributed by atoms with Crippen LogP contribution in [0.15, 0.2) is 24.4 Å². The molecule has 1 aliphatic rings. The van der Waals surface area contributed by atoms with Crippen LogP contribution in [0.1, 0.15) is 12.6 Å². The summed E-state index contributed by atoms with van der Waals surface area (Å²) < 4.78 is 7.56. The molecule has 0 aromatic carbocycles. The van der Waals surface area contributed by atoms with Crippen molar-refractivity contribution in [3.63, 3.8) is 0 Å². The molecule has 9 heteroatoms. The van der Waals surface area contributed by atoms with Gasteiger partial charge in [0.25, 0.3) is 0 Å². The Labute approximate surface area is 162 Å². The predicted octanol–water partition coefficient (Wildman–Crippen LogP) is 1.39. The van der Waals surface area contributed by atoms with Crippen molar-refractivity contribution in [3.05, 3.63) is 30.1 Å². The van der Waals surface area contributed by atoms with Crippen LogP contribution in [0.4, 0.5) is 5.82 Å². The maximum atomic E-state index is 11.7. The van der Waals surface area contributed by atoms with Gasteiger partial charge in [0.15, 0.2) is 11.5 Å². The van der Waals surface area contributed by atoms with Crippen LogP contribution in [-0.4, -0.2) is 67.9 Å². The first-order chi connectivity index (χ1) is 13.5. The number of hydrogen-bond donors (Lipinski definition) is 1. The minimum atomic E-state index is -0.0991. The molecular weight excluding hydrogens is 358 g/mol. The number of aryl methyl sites for hydroxylation is 2. The van der Waals surface area contributed by atoms with E-state index in [1.807, 2.05) is 32.2 Å². The first-order valence-electron chi connectivity index (χ1n) is 9.26. The summed E-state index contributed by atoms with van der Waals surface area (Å²) in [5.74, 6) is 1.30. The molecule has 4 heterocycles. The number of anilines is 1. The fraction of sp³-hybridized carbons (Fsp3) is 0.421. The van der Waals surface area contributed by atoms with Crippen molar-refractivity contribution < 1.29 is 9.53 Å². The Hall–Kier alpha value is -3.07. The van der Waals surface area contributed by atoms with Crippen LogP contribution < -0.4 is 5.32 Å². The Morgan fingerprint density at radius 2 is 2.21 bits per heavy atom. The average molecular weight is 381 g/mol. The number of nitrogens with one attached hydrogen (secondary N) is 1. The molecule has 0 aliphatic carbocycles. The second kappa shape index (κ2) is 7.51. The first kappa shape index (κ1) is 18.3. The minimum Gasteiger partial charge on any atom is -0.373 e. The van der Waals surface area contributed by atoms with E-state index in [0.717, 1.165) is 16.7 Å². The highest BCUT2D eigenvalue weighted by Crippen LogP contribution is 2.26. The van der Waals surface area contributed by atoms with Crippen LogP contribution in [-0.2, 0) is 16.6 Å². The molecule has 3 aromatic heterocycles. The fourth-order valence-electron chi connectivity index (χ4n) is 3.42. The number of nitrogens with zero attached hydrogens (tertiary/aromatic N) is 6. The number of rotatable bonds is 4. The molecule has 1 N–H and O–H groups in total. The number of pyridine rings is 1. The van der Waals surface area contributed by atoms with Crippen LogP contribution >= 0.6 is 0 Å². The molecule has 28 heavy (non-hydrogen) atoms. The van der Waals surface area contributed by atoms with Gasteiger partial charge in [-0.15, -0.1) is 0 Å². The van der Waals surface area contributed by atoms with E-state index in [4.69, 9.17) is 9.72 Å². The number of ether oxygens (including phenoxy) is 1. The normalized spacial score (nSPS) is 17.1. The van der Waals surface area contributed by atoms with Crippen molar-refractivity contribution in [1.82, 2.24) is 29.6 Å². The standard InChI is InChI=1S/C19H23N7O2/c1-12-16-18(21-10-14-11-26(13(2)27)8-9-28-14)22-17(15-6-4-5-7-20-15)23-19(16)25(3)24-12/h4-7,14H,8-11H2,1-3H3,(H,21,22,23). The van der Waals surface area contributed by atoms with Gasteiger partial charge < -0.3 is 15.0 Å². The molecule has 146 valence electrons. The number of hydrogen-bond acceptors (Lipinski definition) is 7. The maximum absolute atomic E-state index is 11.7. The molecule has 1 atom stereocenters. The summed E-state index contributed by atoms with van der Waals surface area (Å²) >= 11 is 0. The molecule has 1 saturated heterocycles. The van der Waals surface area contributed by atoms with Gasteiger partial charge in [0.05, 0.1) is 23.8 Å². The lowest BCUT2D eigenvalue weighted by atomic mass is 10.2. The van der Waals surface area contributed by atoms with Crippen LogP contribution in [0, 0.1) is 6.92 Å². The molecule has 1 fully saturated rings. The van der Waals surface area contributed by atoms with E-state index in [-0.39, 0.29) is 12.0 Å². The molecule has 0 bridgehead atoms. The van der Waals surface area contributed by atoms with Crippen molar-refractivity contribution in [2.75, 3.05) is 31.6 Å². The Bertz CT molecular complexity index is 1000. The highest BCUT2D eigenvalue weighted by atomic mass is 16.5. The molecule has 0 radical (unpaired) electrons. The first-order valence-corrected chi connectivity index (χ1v) is 9.26. The fourth-order valence-corrected chi connectivity index (χ4v) is 3.42. The van der Waals surface area contributed by atoms with Crippen molar-refractivity contribution in [2.45, 2.75) is 20.0 Å². The van der Waals surface area contributed by atoms with Gasteiger partial charge in [0.1, 0.15) is 11.5 Å². The van der Waals surface area contributed by atoms with Crippen LogP contribution in [0.5, 0.6) is 0 Å². The molecule has 1 amide bonds. The monoisotopic (exact) mass is 381 g/mol. The van der Waals surface area contributed by atoms with Gasteiger partial charge in [-0.25, -0.2) is 9.97 Å². The number of amides is 1. The zero-order chi connectivity index (χ0) is 19.7. The minimum absolute atomic E-state index is 0.0678. The van der Waals surface area contributed by atoms with Crippen molar-refractivity contribution in [3.8, 4) is 11.5 Å². The lowest BCUT2D eigenvalue weighted by Gasteiger charge is -2.32. The quantitative estimate of drug-likeness (QED) is 0.729. The van der Waals surface area contributed by atoms with Gasteiger partial charge in [0, 0.05) is 39.8 Å². The number of carbonyl (C=O) groups excluding carboxylic acids is 1. The van der Waals surface area contributed by atoms with Crippen molar-refractivity contribution in [1.29, 1.82) is 0 Å². The lowest BCUT2D eigenvalue weighted by Crippen LogP contribution is -2.47. The van der Waals surface area contributed by atoms with E-state index in [1.165, 1.54) is 0 Å². The third-order valence-corrected chi connectivity index (χ3v) is 4.83. The van der Waals surface area contributed by atoms with Crippen molar-refractivity contribution >= 4 is 22.8 Å². The Balaban J connectivity index is 1.65. The van der Waals surface area contributed by atoms with E-state index >= 15 is 0 Å². The zero-order valence-corrected chi connectivity index (χ0v) is 16.2. The summed E-state index contributed by atoms with van der Waals surface area (Å²) in [6.07, 6.45) is 1.62. The van der Waals surface area contributed by atoms with Crippen LogP contribution in [0.25, 0.3) is 22.6 Å². The zero-order valence-electron chi connectivity index (χ0n) is 16.2. The van der Waals surface area contributed by atoms with Crippen molar-refractivity contribution in [2.24, 2.45) is 7.05 Å². The van der Waals surface area contributed by atoms with Crippen LogP contribution in [0.3, 0.4) is 0 Å². The van der Waals surface area contributed by atoms with E-state index in [1.54, 1.807) is 22.7 Å². The van der Waals surface area contributed by atoms with E-state index in [9.17, 15) is 4.79 Å². The van der Waals surface area contributed by atoms with E-state index < -0.39 is 0 Å². The highest BCUT2D eigenvalue weighted by Gasteiger charge is 2.23. The highest BCUT2D eigenvalue weighted by molar-refractivity contribution is 5.90. The molecule has 0 saturated carbocycles. The predicted molar refractivity (Wildman–Crippen MR) is 105 cm³/mol. The van der Waals surface area contributed by atoms with Gasteiger partial charge in [-0.3, -0.25) is 14.5 Å². The lowest BCUT2D eigenvalue weighted by molar-refractivity contribution is -0.135. The molecule has 1 aliphatic heterocycles. The smallest absolute Gasteiger partial charge is 0.219 e. The summed E-state index contributed by atoms with van der Waals surface area (Å²) in [7, 11) is 1.86. The van der Waals surface area contributed by atoms with E-state index in [0.29, 0.717) is 43.6 Å². The summed E-state index contributed by atoms with van der Waals surface area (Å²) in [4.78, 5) is 27.2. The van der Waals surface area contributed by atoms with Gasteiger partial charge in [-0.05, 0) is 19.1 Å². The summed E-state index contributed by atoms with van der Waals surface area (Å²) in [5, 5.41) is 8.75. The average Bonchev–Trinajstić information content (AvgIpc) is 3.01. The molecule has 1 unspecified atom stereocenters. The molecule has 3 aromatic rings. The van der Waals surface area contributed by atoms with Gasteiger partial charge in [0.2, 0.25) is 5.91 Å². The number of morpholine rings is 1. The second-order valence-electron chi connectivity index (χ2n) is 6.86. The molecule has 9 nitrogen and oxygen atoms in total. The van der Waals surface area contributed by atoms with Gasteiger partial charge >= 0.3 is 0 Å².